The molecule has 0 radical (unpaired) electrons. The summed E-state index contributed by atoms with van der Waals surface area (Å²) in [5.74, 6) is -0.0264. The van der Waals surface area contributed by atoms with Crippen LogP contribution in [0.2, 0.25) is 0 Å². The Balaban J connectivity index is 2.45. The zero-order chi connectivity index (χ0) is 14.3. The molecule has 1 aromatic heterocycles. The molecular weight excluding hydrogens is 238 g/mol. The summed E-state index contributed by atoms with van der Waals surface area (Å²) in [5.41, 5.74) is 7.03. The van der Waals surface area contributed by atoms with Crippen molar-refractivity contribution in [2.24, 2.45) is 0 Å². The van der Waals surface area contributed by atoms with Gasteiger partial charge in [0.2, 0.25) is 0 Å². The first kappa shape index (κ1) is 15.6. The molecule has 1 amide bonds. The van der Waals surface area contributed by atoms with Gasteiger partial charge in [-0.25, -0.2) is 0 Å². The van der Waals surface area contributed by atoms with Crippen LogP contribution >= 0.6 is 0 Å². The lowest BCUT2D eigenvalue weighted by Gasteiger charge is -2.14. The van der Waals surface area contributed by atoms with Crippen molar-refractivity contribution < 1.29 is 4.79 Å². The topological polar surface area (TPSA) is 60.1 Å². The highest BCUT2D eigenvalue weighted by atomic mass is 16.2. The number of unbranched alkanes of at least 4 members (excludes halogenated alkanes) is 3. The fourth-order valence-corrected chi connectivity index (χ4v) is 2.23. The first-order valence-corrected chi connectivity index (χ1v) is 7.35. The van der Waals surface area contributed by atoms with E-state index in [1.165, 1.54) is 25.7 Å². The van der Waals surface area contributed by atoms with Gasteiger partial charge >= 0.3 is 0 Å². The van der Waals surface area contributed by atoms with Crippen molar-refractivity contribution >= 4 is 11.6 Å². The number of rotatable bonds is 8. The monoisotopic (exact) mass is 265 g/mol. The molecule has 19 heavy (non-hydrogen) atoms. The zero-order valence-electron chi connectivity index (χ0n) is 12.4. The summed E-state index contributed by atoms with van der Waals surface area (Å²) in [6.07, 6.45) is 7.77. The fraction of sp³-hybridized carbons (Fsp3) is 0.667. The summed E-state index contributed by atoms with van der Waals surface area (Å²) in [5, 5.41) is 3.05. The summed E-state index contributed by atoms with van der Waals surface area (Å²) in [6.45, 7) is 7.02. The molecule has 1 rings (SSSR count). The number of nitrogens with one attached hydrogen (secondary N) is 1. The second kappa shape index (κ2) is 7.87. The van der Waals surface area contributed by atoms with E-state index < -0.39 is 0 Å². The number of anilines is 1. The molecule has 0 aliphatic rings. The average Bonchev–Trinajstić information content (AvgIpc) is 2.76. The van der Waals surface area contributed by atoms with Crippen LogP contribution in [0, 0.1) is 0 Å². The maximum atomic E-state index is 12.1. The lowest BCUT2D eigenvalue weighted by molar-refractivity contribution is 0.0928. The van der Waals surface area contributed by atoms with Crippen molar-refractivity contribution in [1.29, 1.82) is 0 Å². The molecule has 0 fully saturated rings. The smallest absolute Gasteiger partial charge is 0.268 e. The molecule has 3 N–H and O–H groups in total. The number of carbonyl (C=O) groups excluding carboxylic acids is 1. The Labute approximate surface area is 116 Å². The zero-order valence-corrected chi connectivity index (χ0v) is 12.4. The maximum absolute atomic E-state index is 12.1. The number of nitrogen functional groups attached to an aromatic ring is 1. The van der Waals surface area contributed by atoms with E-state index >= 15 is 0 Å². The van der Waals surface area contributed by atoms with Crippen LogP contribution in [0.1, 0.15) is 63.4 Å². The number of aromatic nitrogens is 1. The minimum absolute atomic E-state index is 0.0264. The van der Waals surface area contributed by atoms with Gasteiger partial charge in [-0.15, -0.1) is 0 Å². The highest BCUT2D eigenvalue weighted by Gasteiger charge is 2.14. The van der Waals surface area contributed by atoms with Crippen molar-refractivity contribution in [3.05, 3.63) is 18.0 Å². The lowest BCUT2D eigenvalue weighted by Crippen LogP contribution is -2.33. The molecule has 4 heteroatoms. The third kappa shape index (κ3) is 4.97. The first-order chi connectivity index (χ1) is 9.08. The van der Waals surface area contributed by atoms with Crippen molar-refractivity contribution in [2.75, 3.05) is 5.73 Å². The van der Waals surface area contributed by atoms with Crippen molar-refractivity contribution in [1.82, 2.24) is 9.88 Å². The van der Waals surface area contributed by atoms with Gasteiger partial charge in [-0.2, -0.15) is 0 Å². The van der Waals surface area contributed by atoms with Crippen molar-refractivity contribution in [2.45, 2.75) is 65.5 Å². The van der Waals surface area contributed by atoms with Crippen LogP contribution in [0.25, 0.3) is 0 Å². The summed E-state index contributed by atoms with van der Waals surface area (Å²) in [4.78, 5) is 12.1. The Morgan fingerprint density at radius 3 is 2.74 bits per heavy atom. The van der Waals surface area contributed by atoms with E-state index in [2.05, 4.69) is 19.2 Å². The van der Waals surface area contributed by atoms with E-state index in [-0.39, 0.29) is 11.9 Å². The molecule has 108 valence electrons. The van der Waals surface area contributed by atoms with Gasteiger partial charge < -0.3 is 15.6 Å². The molecular formula is C15H27N3O. The van der Waals surface area contributed by atoms with Crippen LogP contribution < -0.4 is 11.1 Å². The first-order valence-electron chi connectivity index (χ1n) is 7.35. The van der Waals surface area contributed by atoms with E-state index in [9.17, 15) is 4.79 Å². The predicted molar refractivity (Wildman–Crippen MR) is 80.2 cm³/mol. The average molecular weight is 265 g/mol. The van der Waals surface area contributed by atoms with Crippen molar-refractivity contribution in [3.63, 3.8) is 0 Å². The molecule has 1 aromatic rings. The van der Waals surface area contributed by atoms with Crippen LogP contribution in [-0.4, -0.2) is 16.5 Å². The Hall–Kier alpha value is -1.45. The Morgan fingerprint density at radius 1 is 1.37 bits per heavy atom. The number of carbonyl (C=O) groups is 1. The quantitative estimate of drug-likeness (QED) is 0.709. The standard InChI is InChI=1S/C15H27N3O/c1-4-6-7-8-9-12(3)17-15(19)14-10-13(16)11-18(14)5-2/h10-12H,4-9,16H2,1-3H3,(H,17,19). The fourth-order valence-electron chi connectivity index (χ4n) is 2.23. The summed E-state index contributed by atoms with van der Waals surface area (Å²) in [6, 6.07) is 1.95. The number of aryl methyl sites for hydroxylation is 1. The largest absolute Gasteiger partial charge is 0.397 e. The summed E-state index contributed by atoms with van der Waals surface area (Å²) in [7, 11) is 0. The van der Waals surface area contributed by atoms with Gasteiger partial charge in [0.05, 0.1) is 5.69 Å². The van der Waals surface area contributed by atoms with Crippen molar-refractivity contribution in [3.8, 4) is 0 Å². The predicted octanol–water partition coefficient (Wildman–Crippen LogP) is 3.18. The van der Waals surface area contributed by atoms with E-state index in [0.29, 0.717) is 11.4 Å². The molecule has 0 saturated carbocycles. The molecule has 0 saturated heterocycles. The van der Waals surface area contributed by atoms with Gasteiger partial charge in [0.1, 0.15) is 5.69 Å². The van der Waals surface area contributed by atoms with E-state index in [1.54, 1.807) is 12.3 Å². The minimum atomic E-state index is -0.0264. The minimum Gasteiger partial charge on any atom is -0.397 e. The third-order valence-corrected chi connectivity index (χ3v) is 3.36. The lowest BCUT2D eigenvalue weighted by atomic mass is 10.1. The van der Waals surface area contributed by atoms with E-state index in [1.807, 2.05) is 11.5 Å². The van der Waals surface area contributed by atoms with Crippen LogP contribution in [-0.2, 0) is 6.54 Å². The molecule has 0 aliphatic heterocycles. The van der Waals surface area contributed by atoms with Crippen LogP contribution in [0.5, 0.6) is 0 Å². The summed E-state index contributed by atoms with van der Waals surface area (Å²) < 4.78 is 1.88. The molecule has 1 heterocycles. The maximum Gasteiger partial charge on any atom is 0.268 e. The molecule has 0 spiro atoms. The normalized spacial score (nSPS) is 12.4. The van der Waals surface area contributed by atoms with Gasteiger partial charge in [0.25, 0.3) is 5.91 Å². The highest BCUT2D eigenvalue weighted by molar-refractivity contribution is 5.94. The number of hydrogen-bond donors (Lipinski definition) is 2. The van der Waals surface area contributed by atoms with Gasteiger partial charge in [-0.3, -0.25) is 4.79 Å². The van der Waals surface area contributed by atoms with Gasteiger partial charge in [-0.05, 0) is 26.3 Å². The van der Waals surface area contributed by atoms with Gasteiger partial charge in [0.15, 0.2) is 0 Å². The molecule has 1 unspecified atom stereocenters. The van der Waals surface area contributed by atoms with Gasteiger partial charge in [-0.1, -0.05) is 32.6 Å². The molecule has 0 aromatic carbocycles. The Bertz CT molecular complexity index is 398. The van der Waals surface area contributed by atoms with Gasteiger partial charge in [0, 0.05) is 18.8 Å². The number of hydrogen-bond acceptors (Lipinski definition) is 2. The van der Waals surface area contributed by atoms with Crippen LogP contribution in [0.3, 0.4) is 0 Å². The van der Waals surface area contributed by atoms with Crippen LogP contribution in [0.15, 0.2) is 12.3 Å². The van der Waals surface area contributed by atoms with E-state index in [4.69, 9.17) is 5.73 Å². The number of amides is 1. The second-order valence-electron chi connectivity index (χ2n) is 5.17. The number of nitrogens with zero attached hydrogens (tertiary/aromatic N) is 1. The Morgan fingerprint density at radius 2 is 2.11 bits per heavy atom. The van der Waals surface area contributed by atoms with Crippen LogP contribution in [0.4, 0.5) is 5.69 Å². The molecule has 0 bridgehead atoms. The summed E-state index contributed by atoms with van der Waals surface area (Å²) >= 11 is 0. The second-order valence-corrected chi connectivity index (χ2v) is 5.17. The highest BCUT2D eigenvalue weighted by Crippen LogP contribution is 2.11. The molecule has 1 atom stereocenters. The third-order valence-electron chi connectivity index (χ3n) is 3.36. The van der Waals surface area contributed by atoms with E-state index in [0.717, 1.165) is 13.0 Å². The molecule has 0 aliphatic carbocycles. The molecule has 4 nitrogen and oxygen atoms in total. The SMILES string of the molecule is CCCCCCC(C)NC(=O)c1cc(N)cn1CC. The Kier molecular flexibility index (Phi) is 6.46. The number of nitrogens with two attached hydrogens (primary N) is 1.